The largest absolute Gasteiger partial charge is 0.507 e. The van der Waals surface area contributed by atoms with Gasteiger partial charge in [0.05, 0.1) is 28.4 Å². The van der Waals surface area contributed by atoms with E-state index in [9.17, 15) is 14.7 Å². The molecule has 1 aliphatic rings. The average molecular weight is 541 g/mol. The number of nitrogens with zero attached hydrogens (tertiary/aromatic N) is 2. The van der Waals surface area contributed by atoms with E-state index < -0.39 is 17.7 Å². The van der Waals surface area contributed by atoms with Crippen LogP contribution in [0.15, 0.2) is 85.0 Å². The second kappa shape index (κ2) is 11.1. The van der Waals surface area contributed by atoms with Gasteiger partial charge in [-0.1, -0.05) is 49.1 Å². The van der Waals surface area contributed by atoms with Gasteiger partial charge in [0.1, 0.15) is 23.9 Å². The molecule has 0 saturated carbocycles. The van der Waals surface area contributed by atoms with Crippen molar-refractivity contribution < 1.29 is 24.2 Å². The number of fused-ring (bicyclic) bond motifs is 1. The summed E-state index contributed by atoms with van der Waals surface area (Å²) in [6, 6.07) is 19.0. The average Bonchev–Trinajstić information content (AvgIpc) is 3.49. The fourth-order valence-electron chi connectivity index (χ4n) is 4.56. The van der Waals surface area contributed by atoms with E-state index >= 15 is 0 Å². The van der Waals surface area contributed by atoms with Gasteiger partial charge >= 0.3 is 5.91 Å². The lowest BCUT2D eigenvalue weighted by molar-refractivity contribution is -0.132. The first-order valence-electron chi connectivity index (χ1n) is 12.7. The summed E-state index contributed by atoms with van der Waals surface area (Å²) in [4.78, 5) is 33.1. The molecule has 5 rings (SSSR count). The summed E-state index contributed by atoms with van der Waals surface area (Å²) in [5.74, 6) is -0.511. The molecule has 1 amide bonds. The van der Waals surface area contributed by atoms with Gasteiger partial charge in [-0.15, -0.1) is 0 Å². The Hall–Kier alpha value is -4.43. The van der Waals surface area contributed by atoms with Crippen molar-refractivity contribution in [2.45, 2.75) is 26.3 Å². The maximum absolute atomic E-state index is 13.5. The molecule has 3 aromatic carbocycles. The van der Waals surface area contributed by atoms with Crippen LogP contribution in [0.3, 0.4) is 0 Å². The number of anilines is 1. The molecular formula is C31H28N2O5S. The molecule has 1 aromatic heterocycles. The molecule has 1 N–H and O–H groups in total. The zero-order valence-electron chi connectivity index (χ0n) is 21.7. The lowest BCUT2D eigenvalue weighted by atomic mass is 9.95. The van der Waals surface area contributed by atoms with E-state index in [0.717, 1.165) is 22.2 Å². The van der Waals surface area contributed by atoms with E-state index in [-0.39, 0.29) is 11.3 Å². The Kier molecular flexibility index (Phi) is 7.47. The minimum Gasteiger partial charge on any atom is -0.507 e. The van der Waals surface area contributed by atoms with E-state index in [4.69, 9.17) is 14.5 Å². The SMILES string of the molecule is C=CCOc1ccc([C@@H]2C(=C(O)c3ccc(OCC)cc3)C(=O)C(=O)N2c2nc3ccc(CC)cc3s2)cc1. The fraction of sp³-hybridized carbons (Fsp3) is 0.194. The molecule has 0 radical (unpaired) electrons. The number of hydrogen-bond donors (Lipinski definition) is 1. The topological polar surface area (TPSA) is 89.0 Å². The molecule has 39 heavy (non-hydrogen) atoms. The molecule has 0 unspecified atom stereocenters. The van der Waals surface area contributed by atoms with Gasteiger partial charge in [0.2, 0.25) is 0 Å². The van der Waals surface area contributed by atoms with Gasteiger partial charge in [0.25, 0.3) is 5.78 Å². The van der Waals surface area contributed by atoms with Crippen molar-refractivity contribution in [3.05, 3.63) is 102 Å². The second-order valence-electron chi connectivity index (χ2n) is 8.95. The van der Waals surface area contributed by atoms with Crippen LogP contribution in [-0.4, -0.2) is 35.0 Å². The molecule has 198 valence electrons. The number of rotatable bonds is 9. The van der Waals surface area contributed by atoms with Crippen LogP contribution >= 0.6 is 11.3 Å². The Labute approximate surface area is 230 Å². The molecule has 1 aliphatic heterocycles. The third-order valence-corrected chi connectivity index (χ3v) is 7.52. The second-order valence-corrected chi connectivity index (χ2v) is 9.96. The van der Waals surface area contributed by atoms with Crippen LogP contribution < -0.4 is 14.4 Å². The number of carbonyl (C=O) groups excluding carboxylic acids is 2. The fourth-order valence-corrected chi connectivity index (χ4v) is 5.61. The van der Waals surface area contributed by atoms with Crippen LogP contribution in [0.4, 0.5) is 5.13 Å². The first-order chi connectivity index (χ1) is 18.9. The lowest BCUT2D eigenvalue weighted by Gasteiger charge is -2.23. The summed E-state index contributed by atoms with van der Waals surface area (Å²) in [6.45, 7) is 8.48. The van der Waals surface area contributed by atoms with Gasteiger partial charge in [-0.3, -0.25) is 14.5 Å². The van der Waals surface area contributed by atoms with Gasteiger partial charge in [-0.2, -0.15) is 0 Å². The highest BCUT2D eigenvalue weighted by Crippen LogP contribution is 2.44. The van der Waals surface area contributed by atoms with Gasteiger partial charge in [0, 0.05) is 5.56 Å². The van der Waals surface area contributed by atoms with Gasteiger partial charge in [-0.25, -0.2) is 4.98 Å². The van der Waals surface area contributed by atoms with Crippen LogP contribution in [0.25, 0.3) is 16.0 Å². The van der Waals surface area contributed by atoms with Crippen molar-refractivity contribution in [2.75, 3.05) is 18.1 Å². The number of aliphatic hydroxyl groups is 1. The number of carbonyl (C=O) groups is 2. The highest BCUT2D eigenvalue weighted by atomic mass is 32.1. The molecule has 1 atom stereocenters. The molecule has 8 heteroatoms. The standard InChI is InChI=1S/C31H28N2O5S/c1-4-17-38-23-12-8-20(9-13-23)27-26(28(34)21-10-14-22(15-11-21)37-6-3)29(35)30(36)33(27)31-32-24-16-7-19(5-2)18-25(24)39-31/h4,7-16,18,27,34H,1,5-6,17H2,2-3H3/t27-/m1/s1. The predicted molar refractivity (Wildman–Crippen MR) is 154 cm³/mol. The predicted octanol–water partition coefficient (Wildman–Crippen LogP) is 6.45. The molecule has 7 nitrogen and oxygen atoms in total. The van der Waals surface area contributed by atoms with Gasteiger partial charge in [0.15, 0.2) is 5.13 Å². The molecule has 2 heterocycles. The van der Waals surface area contributed by atoms with Crippen LogP contribution in [0.5, 0.6) is 11.5 Å². The van der Waals surface area contributed by atoms with Crippen molar-refractivity contribution >= 4 is 44.1 Å². The number of aromatic nitrogens is 1. The number of amides is 1. The monoisotopic (exact) mass is 540 g/mol. The van der Waals surface area contributed by atoms with E-state index in [1.165, 1.54) is 16.2 Å². The summed E-state index contributed by atoms with van der Waals surface area (Å²) in [5.41, 5.74) is 2.94. The molecule has 0 bridgehead atoms. The zero-order valence-corrected chi connectivity index (χ0v) is 22.5. The maximum atomic E-state index is 13.5. The highest BCUT2D eigenvalue weighted by Gasteiger charge is 2.48. The van der Waals surface area contributed by atoms with E-state index in [0.29, 0.717) is 41.0 Å². The normalized spacial score (nSPS) is 16.6. The number of aryl methyl sites for hydroxylation is 1. The minimum atomic E-state index is -0.878. The number of hydrogen-bond acceptors (Lipinski definition) is 7. The smallest absolute Gasteiger partial charge is 0.301 e. The summed E-state index contributed by atoms with van der Waals surface area (Å²) < 4.78 is 12.0. The lowest BCUT2D eigenvalue weighted by Crippen LogP contribution is -2.29. The van der Waals surface area contributed by atoms with Crippen LogP contribution in [0.2, 0.25) is 0 Å². The highest BCUT2D eigenvalue weighted by molar-refractivity contribution is 7.22. The molecule has 1 fully saturated rings. The molecule has 1 saturated heterocycles. The Balaban J connectivity index is 1.64. The molecular weight excluding hydrogens is 512 g/mol. The van der Waals surface area contributed by atoms with Crippen LogP contribution in [0.1, 0.15) is 36.6 Å². The zero-order chi connectivity index (χ0) is 27.5. The Bertz CT molecular complexity index is 1570. The van der Waals surface area contributed by atoms with E-state index in [1.807, 2.05) is 25.1 Å². The van der Waals surface area contributed by atoms with Crippen molar-refractivity contribution in [1.29, 1.82) is 0 Å². The quantitative estimate of drug-likeness (QED) is 0.114. The van der Waals surface area contributed by atoms with Crippen LogP contribution in [0, 0.1) is 0 Å². The third kappa shape index (κ3) is 5.03. The maximum Gasteiger partial charge on any atom is 0.301 e. The molecule has 0 spiro atoms. The van der Waals surface area contributed by atoms with Gasteiger partial charge in [-0.05, 0) is 73.0 Å². The molecule has 4 aromatic rings. The summed E-state index contributed by atoms with van der Waals surface area (Å²) in [6.07, 6.45) is 2.52. The number of aliphatic hydroxyl groups excluding tert-OH is 1. The number of thiazole rings is 1. The van der Waals surface area contributed by atoms with E-state index in [1.54, 1.807) is 54.6 Å². The third-order valence-electron chi connectivity index (χ3n) is 6.50. The van der Waals surface area contributed by atoms with Crippen molar-refractivity contribution in [3.63, 3.8) is 0 Å². The van der Waals surface area contributed by atoms with Crippen molar-refractivity contribution in [3.8, 4) is 11.5 Å². The Morgan fingerprint density at radius 3 is 2.38 bits per heavy atom. The van der Waals surface area contributed by atoms with Crippen molar-refractivity contribution in [2.24, 2.45) is 0 Å². The Morgan fingerprint density at radius 1 is 1.03 bits per heavy atom. The summed E-state index contributed by atoms with van der Waals surface area (Å²) >= 11 is 1.34. The first-order valence-corrected chi connectivity index (χ1v) is 13.5. The van der Waals surface area contributed by atoms with Crippen molar-refractivity contribution in [1.82, 2.24) is 4.98 Å². The van der Waals surface area contributed by atoms with Gasteiger partial charge < -0.3 is 14.6 Å². The summed E-state index contributed by atoms with van der Waals surface area (Å²) in [7, 11) is 0. The minimum absolute atomic E-state index is 0.00239. The number of ketones is 1. The van der Waals surface area contributed by atoms with Crippen LogP contribution in [-0.2, 0) is 16.0 Å². The first kappa shape index (κ1) is 26.2. The number of benzene rings is 3. The summed E-state index contributed by atoms with van der Waals surface area (Å²) in [5, 5.41) is 11.8. The Morgan fingerprint density at radius 2 is 1.72 bits per heavy atom. The van der Waals surface area contributed by atoms with E-state index in [2.05, 4.69) is 13.5 Å². The number of Topliss-reactive ketones (excluding diaryl/α,β-unsaturated/α-hetero) is 1. The number of ether oxygens (including phenoxy) is 2. The molecule has 0 aliphatic carbocycles.